The Labute approximate surface area is 245 Å². The molecule has 10 nitrogen and oxygen atoms in total. The topological polar surface area (TPSA) is 122 Å². The van der Waals surface area contributed by atoms with E-state index in [0.29, 0.717) is 33.4 Å². The second-order valence-corrected chi connectivity index (χ2v) is 11.4. The maximum Gasteiger partial charge on any atom is 0.287 e. The zero-order chi connectivity index (χ0) is 28.5. The molecule has 202 valence electrons. The predicted molar refractivity (Wildman–Crippen MR) is 157 cm³/mol. The van der Waals surface area contributed by atoms with E-state index in [1.165, 1.54) is 23.0 Å². The maximum atomic E-state index is 13.5. The Morgan fingerprint density at radius 2 is 1.95 bits per heavy atom. The van der Waals surface area contributed by atoms with Crippen molar-refractivity contribution in [2.75, 3.05) is 6.61 Å². The molecule has 0 N–H and O–H groups in total. The molecule has 0 atom stereocenters. The number of fused-ring (bicyclic) bond motifs is 1. The van der Waals surface area contributed by atoms with Crippen LogP contribution in [0.2, 0.25) is 5.02 Å². The van der Waals surface area contributed by atoms with Crippen LogP contribution in [-0.2, 0) is 5.41 Å². The molecule has 0 radical (unpaired) electrons. The molecule has 2 aromatic carbocycles. The molecule has 0 aliphatic heterocycles. The van der Waals surface area contributed by atoms with Gasteiger partial charge in [0, 0.05) is 32.1 Å². The lowest BCUT2D eigenvalue weighted by molar-refractivity contribution is -0.385. The Balaban J connectivity index is 1.81. The minimum absolute atomic E-state index is 0.0894. The third-order valence-corrected chi connectivity index (χ3v) is 7.32. The van der Waals surface area contributed by atoms with E-state index < -0.39 is 10.3 Å². The molecule has 13 heteroatoms. The highest BCUT2D eigenvalue weighted by atomic mass is 79.9. The van der Waals surface area contributed by atoms with Gasteiger partial charge in [0.25, 0.3) is 11.2 Å². The van der Waals surface area contributed by atoms with Crippen LogP contribution in [0.4, 0.5) is 5.69 Å². The Morgan fingerprint density at radius 3 is 2.56 bits per heavy atom. The van der Waals surface area contributed by atoms with E-state index in [4.69, 9.17) is 26.1 Å². The summed E-state index contributed by atoms with van der Waals surface area (Å²) in [5, 5.41) is 16.0. The van der Waals surface area contributed by atoms with Gasteiger partial charge in [0.15, 0.2) is 11.5 Å². The number of hydrogen-bond acceptors (Lipinski definition) is 8. The van der Waals surface area contributed by atoms with Gasteiger partial charge in [-0.05, 0) is 47.1 Å². The van der Waals surface area contributed by atoms with Gasteiger partial charge in [-0.15, -0.1) is 0 Å². The molecule has 2 aromatic heterocycles. The molecule has 0 fully saturated rings. The number of pyridine rings is 1. The molecule has 2 heterocycles. The summed E-state index contributed by atoms with van der Waals surface area (Å²) in [6, 6.07) is 9.61. The minimum Gasteiger partial charge on any atom is -0.490 e. The van der Waals surface area contributed by atoms with Gasteiger partial charge in [0.05, 0.1) is 28.6 Å². The summed E-state index contributed by atoms with van der Waals surface area (Å²) in [6.07, 6.45) is 2.56. The summed E-state index contributed by atoms with van der Waals surface area (Å²) in [5.41, 5.74) is 0.0985. The number of ether oxygens (including phenoxy) is 2. The highest BCUT2D eigenvalue weighted by Crippen LogP contribution is 2.44. The first-order chi connectivity index (χ1) is 18.4. The third kappa shape index (κ3) is 6.13. The first kappa shape index (κ1) is 28.7. The van der Waals surface area contributed by atoms with Gasteiger partial charge in [-0.2, -0.15) is 9.78 Å². The Kier molecular flexibility index (Phi) is 8.38. The molecule has 0 saturated heterocycles. The molecule has 0 spiro atoms. The highest BCUT2D eigenvalue weighted by Gasteiger charge is 2.24. The van der Waals surface area contributed by atoms with Gasteiger partial charge < -0.3 is 9.47 Å². The monoisotopic (exact) mass is 677 g/mol. The Hall–Kier alpha value is -3.35. The van der Waals surface area contributed by atoms with Crippen molar-refractivity contribution in [2.45, 2.75) is 33.1 Å². The highest BCUT2D eigenvalue weighted by molar-refractivity contribution is 9.10. The van der Waals surface area contributed by atoms with Gasteiger partial charge in [0.1, 0.15) is 17.0 Å². The standard InChI is InChI=1S/C26H22Br2ClN5O5/c1-5-38-19-10-14(21(28)22(29)23(19)39-20-9-7-16(13-30-20)34(36)37)12-31-33-24(35)17-11-15(27)6-8-18(17)32-25(33)26(2,3)4/h6-13H,5H2,1-4H3. The van der Waals surface area contributed by atoms with Gasteiger partial charge >= 0.3 is 0 Å². The average Bonchev–Trinajstić information content (AvgIpc) is 2.88. The van der Waals surface area contributed by atoms with Crippen molar-refractivity contribution < 1.29 is 14.4 Å². The molecule has 4 aromatic rings. The summed E-state index contributed by atoms with van der Waals surface area (Å²) in [7, 11) is 0. The van der Waals surface area contributed by atoms with E-state index in [9.17, 15) is 14.9 Å². The molecule has 0 aliphatic rings. The van der Waals surface area contributed by atoms with Crippen LogP contribution in [0.1, 0.15) is 39.1 Å². The average molecular weight is 680 g/mol. The number of nitrogens with zero attached hydrogens (tertiary/aromatic N) is 5. The van der Waals surface area contributed by atoms with E-state index in [2.05, 4.69) is 41.9 Å². The van der Waals surface area contributed by atoms with Crippen LogP contribution in [-0.4, -0.2) is 32.4 Å². The summed E-state index contributed by atoms with van der Waals surface area (Å²) < 4.78 is 14.0. The predicted octanol–water partition coefficient (Wildman–Crippen LogP) is 7.25. The molecule has 39 heavy (non-hydrogen) atoms. The van der Waals surface area contributed by atoms with Crippen molar-refractivity contribution in [3.8, 4) is 17.4 Å². The van der Waals surface area contributed by atoms with Crippen LogP contribution >= 0.6 is 43.5 Å². The zero-order valence-corrected chi connectivity index (χ0v) is 25.2. The number of hydrogen-bond donors (Lipinski definition) is 0. The fourth-order valence-corrected chi connectivity index (χ4v) is 4.56. The van der Waals surface area contributed by atoms with Crippen molar-refractivity contribution in [3.05, 3.63) is 88.4 Å². The fraction of sp³-hybridized carbons (Fsp3) is 0.231. The van der Waals surface area contributed by atoms with Crippen LogP contribution in [0.3, 0.4) is 0 Å². The lowest BCUT2D eigenvalue weighted by atomic mass is 9.95. The number of nitro groups is 1. The van der Waals surface area contributed by atoms with Crippen molar-refractivity contribution in [3.63, 3.8) is 0 Å². The van der Waals surface area contributed by atoms with Crippen molar-refractivity contribution in [1.82, 2.24) is 14.6 Å². The Bertz CT molecular complexity index is 1670. The van der Waals surface area contributed by atoms with Crippen molar-refractivity contribution >= 4 is 66.3 Å². The van der Waals surface area contributed by atoms with Crippen LogP contribution in [0, 0.1) is 10.1 Å². The number of aromatic nitrogens is 3. The van der Waals surface area contributed by atoms with Gasteiger partial charge in [-0.1, -0.05) is 48.3 Å². The molecular weight excluding hydrogens is 658 g/mol. The largest absolute Gasteiger partial charge is 0.490 e. The quantitative estimate of drug-likeness (QED) is 0.115. The number of halogens is 3. The molecule has 0 amide bonds. The smallest absolute Gasteiger partial charge is 0.287 e. The first-order valence-corrected chi connectivity index (χ1v) is 13.6. The van der Waals surface area contributed by atoms with Crippen LogP contribution in [0.25, 0.3) is 10.9 Å². The summed E-state index contributed by atoms with van der Waals surface area (Å²) in [6.45, 7) is 7.94. The summed E-state index contributed by atoms with van der Waals surface area (Å²) in [4.78, 5) is 32.5. The van der Waals surface area contributed by atoms with Gasteiger partial charge in [-0.3, -0.25) is 14.9 Å². The lowest BCUT2D eigenvalue weighted by Crippen LogP contribution is -2.29. The minimum atomic E-state index is -0.555. The van der Waals surface area contributed by atoms with Crippen molar-refractivity contribution in [1.29, 1.82) is 0 Å². The lowest BCUT2D eigenvalue weighted by Gasteiger charge is -2.21. The first-order valence-electron chi connectivity index (χ1n) is 11.6. The molecule has 0 saturated carbocycles. The second-order valence-electron chi connectivity index (χ2n) is 9.28. The van der Waals surface area contributed by atoms with E-state index in [1.807, 2.05) is 26.8 Å². The normalized spacial score (nSPS) is 11.8. The summed E-state index contributed by atoms with van der Waals surface area (Å²) >= 11 is 13.5. The molecule has 4 rings (SSSR count). The molecule has 0 aliphatic carbocycles. The van der Waals surface area contributed by atoms with E-state index >= 15 is 0 Å². The number of rotatable bonds is 7. The maximum absolute atomic E-state index is 13.5. The Morgan fingerprint density at radius 1 is 1.21 bits per heavy atom. The summed E-state index contributed by atoms with van der Waals surface area (Å²) in [5.74, 6) is 1.02. The zero-order valence-electron chi connectivity index (χ0n) is 21.2. The van der Waals surface area contributed by atoms with Crippen LogP contribution < -0.4 is 15.0 Å². The molecule has 0 bridgehead atoms. The van der Waals surface area contributed by atoms with E-state index in [1.54, 1.807) is 25.1 Å². The van der Waals surface area contributed by atoms with Crippen LogP contribution in [0.5, 0.6) is 17.4 Å². The SMILES string of the molecule is CCOc1cc(C=Nn2c(C(C)(C)C)nc3ccc(Br)cc3c2=O)c(Br)c(Cl)c1Oc1ccc([N+](=O)[O-])cn1. The fourth-order valence-electron chi connectivity index (χ4n) is 3.56. The third-order valence-electron chi connectivity index (χ3n) is 5.39. The van der Waals surface area contributed by atoms with Gasteiger partial charge in [-0.25, -0.2) is 9.97 Å². The number of benzene rings is 2. The van der Waals surface area contributed by atoms with Gasteiger partial charge in [0.2, 0.25) is 5.88 Å². The van der Waals surface area contributed by atoms with Crippen molar-refractivity contribution in [2.24, 2.45) is 5.10 Å². The molecular formula is C26H22Br2ClN5O5. The van der Waals surface area contributed by atoms with E-state index in [-0.39, 0.29) is 33.6 Å². The second kappa shape index (κ2) is 11.4. The van der Waals surface area contributed by atoms with E-state index in [0.717, 1.165) is 10.7 Å². The molecule has 0 unspecified atom stereocenters. The van der Waals surface area contributed by atoms with Crippen LogP contribution in [0.15, 0.2) is 61.4 Å².